The first-order chi connectivity index (χ1) is 12.0. The second kappa shape index (κ2) is 9.56. The highest BCUT2D eigenvalue weighted by atomic mass is 35.5. The number of unbranched alkanes of at least 4 members (excludes halogenated alkanes) is 3. The predicted molar refractivity (Wildman–Crippen MR) is 100 cm³/mol. The summed E-state index contributed by atoms with van der Waals surface area (Å²) in [6, 6.07) is 7.48. The van der Waals surface area contributed by atoms with E-state index in [2.05, 4.69) is 17.0 Å². The Balaban J connectivity index is 2.23. The van der Waals surface area contributed by atoms with Gasteiger partial charge in [-0.05, 0) is 24.5 Å². The van der Waals surface area contributed by atoms with Crippen molar-refractivity contribution in [3.8, 4) is 17.4 Å². The van der Waals surface area contributed by atoms with E-state index < -0.39 is 0 Å². The fourth-order valence-electron chi connectivity index (χ4n) is 2.39. The minimum absolute atomic E-state index is 0.0713. The van der Waals surface area contributed by atoms with Gasteiger partial charge in [-0.3, -0.25) is 4.79 Å². The maximum atomic E-state index is 12.6. The number of hydrogen-bond donors (Lipinski definition) is 0. The second-order valence-electron chi connectivity index (χ2n) is 6.55. The molecule has 0 aliphatic carbocycles. The third-order valence-electron chi connectivity index (χ3n) is 3.70. The first-order valence-electron chi connectivity index (χ1n) is 8.90. The van der Waals surface area contributed by atoms with Crippen LogP contribution in [0.25, 0.3) is 11.4 Å². The number of ether oxygens (including phenoxy) is 1. The minimum atomic E-state index is -0.0713. The molecule has 5 nitrogen and oxygen atoms in total. The van der Waals surface area contributed by atoms with E-state index in [1.54, 1.807) is 12.1 Å². The summed E-state index contributed by atoms with van der Waals surface area (Å²) < 4.78 is 6.96. The molecule has 0 N–H and O–H groups in total. The summed E-state index contributed by atoms with van der Waals surface area (Å²) in [6.07, 6.45) is 4.61. The number of nitrogens with zero attached hydrogens (tertiary/aromatic N) is 3. The lowest BCUT2D eigenvalue weighted by Crippen LogP contribution is -2.14. The van der Waals surface area contributed by atoms with Crippen LogP contribution < -0.4 is 4.74 Å². The van der Waals surface area contributed by atoms with E-state index >= 15 is 0 Å². The summed E-state index contributed by atoms with van der Waals surface area (Å²) in [6.45, 7) is 6.75. The Labute approximate surface area is 154 Å². The Kier molecular flexibility index (Phi) is 7.44. The molecule has 25 heavy (non-hydrogen) atoms. The van der Waals surface area contributed by atoms with Crippen LogP contribution in [0.5, 0.6) is 6.01 Å². The molecule has 0 fully saturated rings. The van der Waals surface area contributed by atoms with Crippen LogP contribution in [-0.2, 0) is 0 Å². The van der Waals surface area contributed by atoms with Crippen molar-refractivity contribution in [2.24, 2.45) is 5.92 Å². The first-order valence-corrected chi connectivity index (χ1v) is 9.28. The number of rotatable bonds is 9. The molecule has 1 heterocycles. The summed E-state index contributed by atoms with van der Waals surface area (Å²) in [7, 11) is 0. The first kappa shape index (κ1) is 19.4. The molecule has 1 aromatic heterocycles. The smallest absolute Gasteiger partial charge is 0.336 e. The lowest BCUT2D eigenvalue weighted by atomic mass is 10.1. The molecule has 6 heteroatoms. The zero-order chi connectivity index (χ0) is 18.2. The van der Waals surface area contributed by atoms with Crippen molar-refractivity contribution >= 4 is 17.5 Å². The summed E-state index contributed by atoms with van der Waals surface area (Å²) >= 11 is 6.08. The van der Waals surface area contributed by atoms with Crippen LogP contribution in [0.3, 0.4) is 0 Å². The van der Waals surface area contributed by atoms with Gasteiger partial charge in [0.05, 0.1) is 6.61 Å². The van der Waals surface area contributed by atoms with Crippen molar-refractivity contribution < 1.29 is 9.53 Å². The van der Waals surface area contributed by atoms with Crippen molar-refractivity contribution in [1.29, 1.82) is 0 Å². The van der Waals surface area contributed by atoms with Gasteiger partial charge in [-0.15, -0.1) is 5.10 Å². The summed E-state index contributed by atoms with van der Waals surface area (Å²) in [4.78, 5) is 17.0. The van der Waals surface area contributed by atoms with E-state index in [-0.39, 0.29) is 11.9 Å². The molecule has 2 aromatic rings. The van der Waals surface area contributed by atoms with Gasteiger partial charge in [-0.25, -0.2) is 0 Å². The molecule has 136 valence electrons. The highest BCUT2D eigenvalue weighted by Gasteiger charge is 2.18. The molecule has 0 bridgehead atoms. The number of aromatic nitrogens is 3. The van der Waals surface area contributed by atoms with Crippen LogP contribution in [0.4, 0.5) is 0 Å². The lowest BCUT2D eigenvalue weighted by molar-refractivity contribution is 0.0882. The molecule has 0 atom stereocenters. The topological polar surface area (TPSA) is 57.0 Å². The van der Waals surface area contributed by atoms with E-state index in [1.165, 1.54) is 4.68 Å². The summed E-state index contributed by atoms with van der Waals surface area (Å²) in [5, 5.41) is 4.87. The van der Waals surface area contributed by atoms with Crippen molar-refractivity contribution in [3.63, 3.8) is 0 Å². The largest absolute Gasteiger partial charge is 0.462 e. The van der Waals surface area contributed by atoms with Crippen molar-refractivity contribution in [2.45, 2.75) is 52.9 Å². The highest BCUT2D eigenvalue weighted by Crippen LogP contribution is 2.24. The Bertz CT molecular complexity index is 698. The molecule has 0 aliphatic heterocycles. The Morgan fingerprint density at radius 1 is 1.28 bits per heavy atom. The standard InChI is InChI=1S/C19H26ClN3O2/c1-4-5-6-7-11-17(24)23-18(15-9-8-10-16(20)12-15)21-19(22-23)25-13-14(2)3/h8-10,12,14H,4-7,11,13H2,1-3H3. The molecule has 0 unspecified atom stereocenters. The third-order valence-corrected chi connectivity index (χ3v) is 3.93. The van der Waals surface area contributed by atoms with Crippen LogP contribution >= 0.6 is 11.6 Å². The fraction of sp³-hybridized carbons (Fsp3) is 0.526. The number of hydrogen-bond acceptors (Lipinski definition) is 4. The molecule has 0 radical (unpaired) electrons. The van der Waals surface area contributed by atoms with Gasteiger partial charge in [0, 0.05) is 17.0 Å². The van der Waals surface area contributed by atoms with Crippen molar-refractivity contribution in [1.82, 2.24) is 14.8 Å². The molecular weight excluding hydrogens is 338 g/mol. The van der Waals surface area contributed by atoms with Crippen molar-refractivity contribution in [2.75, 3.05) is 6.61 Å². The van der Waals surface area contributed by atoms with Crippen LogP contribution in [0.2, 0.25) is 5.02 Å². The van der Waals surface area contributed by atoms with E-state index in [9.17, 15) is 4.79 Å². The minimum Gasteiger partial charge on any atom is -0.462 e. The van der Waals surface area contributed by atoms with Gasteiger partial charge in [-0.2, -0.15) is 9.67 Å². The second-order valence-corrected chi connectivity index (χ2v) is 6.99. The quantitative estimate of drug-likeness (QED) is 0.571. The van der Waals surface area contributed by atoms with E-state index in [0.29, 0.717) is 29.8 Å². The average Bonchev–Trinajstić information content (AvgIpc) is 3.01. The summed E-state index contributed by atoms with van der Waals surface area (Å²) in [5.74, 6) is 0.756. The fourth-order valence-corrected chi connectivity index (χ4v) is 2.58. The maximum Gasteiger partial charge on any atom is 0.336 e. The molecular formula is C19H26ClN3O2. The number of carbonyl (C=O) groups is 1. The normalized spacial score (nSPS) is 11.1. The Morgan fingerprint density at radius 3 is 2.76 bits per heavy atom. The summed E-state index contributed by atoms with van der Waals surface area (Å²) in [5.41, 5.74) is 0.751. The van der Waals surface area contributed by atoms with Gasteiger partial charge >= 0.3 is 6.01 Å². The van der Waals surface area contributed by atoms with Gasteiger partial charge in [0.15, 0.2) is 5.82 Å². The van der Waals surface area contributed by atoms with Crippen LogP contribution in [0, 0.1) is 5.92 Å². The van der Waals surface area contributed by atoms with Crippen molar-refractivity contribution in [3.05, 3.63) is 29.3 Å². The third kappa shape index (κ3) is 5.85. The zero-order valence-electron chi connectivity index (χ0n) is 15.2. The van der Waals surface area contributed by atoms with Crippen LogP contribution in [0.1, 0.15) is 57.7 Å². The molecule has 1 aromatic carbocycles. The monoisotopic (exact) mass is 363 g/mol. The van der Waals surface area contributed by atoms with E-state index in [4.69, 9.17) is 16.3 Å². The number of halogens is 1. The Morgan fingerprint density at radius 2 is 2.08 bits per heavy atom. The molecule has 0 saturated heterocycles. The average molecular weight is 364 g/mol. The number of benzene rings is 1. The van der Waals surface area contributed by atoms with Crippen LogP contribution in [0.15, 0.2) is 24.3 Å². The SMILES string of the molecule is CCCCCCC(=O)n1nc(OCC(C)C)nc1-c1cccc(Cl)c1. The van der Waals surface area contributed by atoms with Gasteiger partial charge in [0.25, 0.3) is 0 Å². The molecule has 0 saturated carbocycles. The van der Waals surface area contributed by atoms with E-state index in [1.807, 2.05) is 26.0 Å². The van der Waals surface area contributed by atoms with Gasteiger partial charge in [0.2, 0.25) is 5.91 Å². The maximum absolute atomic E-state index is 12.6. The zero-order valence-corrected chi connectivity index (χ0v) is 15.9. The predicted octanol–water partition coefficient (Wildman–Crippen LogP) is 5.24. The molecule has 0 amide bonds. The van der Waals surface area contributed by atoms with Gasteiger partial charge < -0.3 is 4.74 Å². The lowest BCUT2D eigenvalue weighted by Gasteiger charge is -2.05. The molecule has 2 rings (SSSR count). The highest BCUT2D eigenvalue weighted by molar-refractivity contribution is 6.30. The molecule has 0 spiro atoms. The van der Waals surface area contributed by atoms with E-state index in [0.717, 1.165) is 31.2 Å². The number of carbonyl (C=O) groups excluding carboxylic acids is 1. The molecule has 0 aliphatic rings. The van der Waals surface area contributed by atoms with Gasteiger partial charge in [0.1, 0.15) is 0 Å². The van der Waals surface area contributed by atoms with Gasteiger partial charge in [-0.1, -0.05) is 63.8 Å². The Hall–Kier alpha value is -1.88. The van der Waals surface area contributed by atoms with Crippen LogP contribution in [-0.4, -0.2) is 27.3 Å².